The second-order valence-corrected chi connectivity index (χ2v) is 5.16. The van der Waals surface area contributed by atoms with Crippen molar-refractivity contribution in [3.8, 4) is 11.8 Å². The predicted molar refractivity (Wildman–Crippen MR) is 73.9 cm³/mol. The Bertz CT molecular complexity index is 491. The number of ether oxygens (including phenoxy) is 1. The number of aliphatic hydroxyl groups is 1. The molecule has 0 rings (SSSR count). The molecule has 0 aromatic heterocycles. The minimum atomic E-state index is -3.90. The highest BCUT2D eigenvalue weighted by molar-refractivity contribution is 7.85. The summed E-state index contributed by atoms with van der Waals surface area (Å²) < 4.78 is 33.9. The molecule has 0 bridgehead atoms. The van der Waals surface area contributed by atoms with Crippen molar-refractivity contribution in [2.45, 2.75) is 19.1 Å². The van der Waals surface area contributed by atoms with Gasteiger partial charge in [-0.15, -0.1) is 0 Å². The minimum absolute atomic E-state index is 0.281. The van der Waals surface area contributed by atoms with Crippen LogP contribution in [0.3, 0.4) is 0 Å². The van der Waals surface area contributed by atoms with E-state index in [9.17, 15) is 8.42 Å². The fourth-order valence-electron chi connectivity index (χ4n) is 0.970. The molecule has 106 valence electrons. The standard InChI is InChI=1S/C13H18O5S/c1-12(9-5-6-10-13(14)18-2)8-4-3-7-11-19(15,16)17/h5-6,9-10,13-14H,1,3,7,11H2,2H3,(H,15,16,17)/b9-5-,10-6+. The summed E-state index contributed by atoms with van der Waals surface area (Å²) in [5.41, 5.74) is 0.559. The van der Waals surface area contributed by atoms with E-state index in [-0.39, 0.29) is 12.2 Å². The Morgan fingerprint density at radius 3 is 2.74 bits per heavy atom. The van der Waals surface area contributed by atoms with Crippen LogP contribution in [0.25, 0.3) is 0 Å². The predicted octanol–water partition coefficient (Wildman–Crippen LogP) is 1.29. The van der Waals surface area contributed by atoms with Crippen LogP contribution in [-0.2, 0) is 14.9 Å². The summed E-state index contributed by atoms with van der Waals surface area (Å²) >= 11 is 0. The number of hydrogen-bond donors (Lipinski definition) is 2. The van der Waals surface area contributed by atoms with Crippen molar-refractivity contribution in [2.24, 2.45) is 0 Å². The quantitative estimate of drug-likeness (QED) is 0.242. The largest absolute Gasteiger partial charge is 0.365 e. The van der Waals surface area contributed by atoms with Crippen molar-refractivity contribution in [2.75, 3.05) is 12.9 Å². The van der Waals surface area contributed by atoms with Gasteiger partial charge in [0.1, 0.15) is 0 Å². The molecule has 2 N–H and O–H groups in total. The van der Waals surface area contributed by atoms with Gasteiger partial charge in [-0.2, -0.15) is 8.42 Å². The normalized spacial score (nSPS) is 13.4. The van der Waals surface area contributed by atoms with Crippen LogP contribution in [0.5, 0.6) is 0 Å². The van der Waals surface area contributed by atoms with Crippen molar-refractivity contribution in [1.82, 2.24) is 0 Å². The number of unbranched alkanes of at least 4 members (excludes halogenated alkanes) is 1. The first-order valence-electron chi connectivity index (χ1n) is 5.54. The molecule has 19 heavy (non-hydrogen) atoms. The van der Waals surface area contributed by atoms with Crippen molar-refractivity contribution in [3.63, 3.8) is 0 Å². The Morgan fingerprint density at radius 1 is 1.47 bits per heavy atom. The molecule has 0 aliphatic heterocycles. The second-order valence-electron chi connectivity index (χ2n) is 3.59. The minimum Gasteiger partial charge on any atom is -0.365 e. The molecule has 0 radical (unpaired) electrons. The Labute approximate surface area is 114 Å². The summed E-state index contributed by atoms with van der Waals surface area (Å²) in [7, 11) is -2.52. The van der Waals surface area contributed by atoms with Crippen LogP contribution in [0.2, 0.25) is 0 Å². The zero-order valence-electron chi connectivity index (χ0n) is 10.7. The molecule has 0 saturated carbocycles. The summed E-state index contributed by atoms with van der Waals surface area (Å²) in [6.07, 6.45) is 6.05. The first-order chi connectivity index (χ1) is 8.85. The SMILES string of the molecule is C=C(C#CCCCS(=O)(=O)O)/C=C\C=C\C(O)OC. The van der Waals surface area contributed by atoms with Gasteiger partial charge >= 0.3 is 0 Å². The summed E-state index contributed by atoms with van der Waals surface area (Å²) in [4.78, 5) is 0. The molecule has 0 aromatic carbocycles. The van der Waals surface area contributed by atoms with Crippen molar-refractivity contribution in [3.05, 3.63) is 36.5 Å². The Kier molecular flexibility index (Phi) is 8.83. The van der Waals surface area contributed by atoms with Gasteiger partial charge in [0.05, 0.1) is 5.75 Å². The molecule has 1 atom stereocenters. The maximum atomic E-state index is 10.4. The lowest BCUT2D eigenvalue weighted by atomic mass is 10.2. The maximum Gasteiger partial charge on any atom is 0.264 e. The van der Waals surface area contributed by atoms with E-state index in [4.69, 9.17) is 9.66 Å². The van der Waals surface area contributed by atoms with E-state index in [1.807, 2.05) is 0 Å². The first kappa shape index (κ1) is 17.6. The average Bonchev–Trinajstić information content (AvgIpc) is 2.32. The van der Waals surface area contributed by atoms with Gasteiger partial charge in [-0.3, -0.25) is 4.55 Å². The molecule has 0 aromatic rings. The molecule has 0 fully saturated rings. The van der Waals surface area contributed by atoms with Crippen LogP contribution in [-0.4, -0.2) is 37.2 Å². The highest BCUT2D eigenvalue weighted by atomic mass is 32.2. The molecule has 0 amide bonds. The summed E-state index contributed by atoms with van der Waals surface area (Å²) in [6.45, 7) is 3.68. The molecule has 0 aliphatic rings. The van der Waals surface area contributed by atoms with Crippen molar-refractivity contribution < 1.29 is 22.8 Å². The summed E-state index contributed by atoms with van der Waals surface area (Å²) in [6, 6.07) is 0. The van der Waals surface area contributed by atoms with Gasteiger partial charge < -0.3 is 9.84 Å². The van der Waals surface area contributed by atoms with Gasteiger partial charge in [-0.05, 0) is 18.6 Å². The Balaban J connectivity index is 3.99. The number of rotatable bonds is 7. The number of methoxy groups -OCH3 is 1. The zero-order chi connectivity index (χ0) is 14.7. The number of hydrogen-bond acceptors (Lipinski definition) is 4. The lowest BCUT2D eigenvalue weighted by molar-refractivity contribution is -0.0356. The third kappa shape index (κ3) is 12.9. The van der Waals surface area contributed by atoms with E-state index in [0.29, 0.717) is 12.0 Å². The molecule has 0 spiro atoms. The van der Waals surface area contributed by atoms with Gasteiger partial charge in [0.15, 0.2) is 6.29 Å². The van der Waals surface area contributed by atoms with E-state index < -0.39 is 16.4 Å². The van der Waals surface area contributed by atoms with Crippen molar-refractivity contribution >= 4 is 10.1 Å². The van der Waals surface area contributed by atoms with Gasteiger partial charge in [-0.25, -0.2) is 0 Å². The molecule has 5 nitrogen and oxygen atoms in total. The molecule has 6 heteroatoms. The van der Waals surface area contributed by atoms with Crippen LogP contribution >= 0.6 is 0 Å². The summed E-state index contributed by atoms with van der Waals surface area (Å²) in [5, 5.41) is 9.03. The zero-order valence-corrected chi connectivity index (χ0v) is 11.6. The van der Waals surface area contributed by atoms with E-state index in [0.717, 1.165) is 0 Å². The maximum absolute atomic E-state index is 10.4. The molecule has 0 heterocycles. The van der Waals surface area contributed by atoms with Crippen LogP contribution in [0.4, 0.5) is 0 Å². The van der Waals surface area contributed by atoms with Gasteiger partial charge in [0, 0.05) is 19.1 Å². The third-order valence-electron chi connectivity index (χ3n) is 1.88. The van der Waals surface area contributed by atoms with Crippen LogP contribution in [0, 0.1) is 11.8 Å². The van der Waals surface area contributed by atoms with Crippen molar-refractivity contribution in [1.29, 1.82) is 0 Å². The van der Waals surface area contributed by atoms with E-state index in [1.165, 1.54) is 13.2 Å². The lowest BCUT2D eigenvalue weighted by Gasteiger charge is -1.98. The van der Waals surface area contributed by atoms with Crippen LogP contribution < -0.4 is 0 Å². The second kappa shape index (κ2) is 9.53. The van der Waals surface area contributed by atoms with E-state index in [1.54, 1.807) is 18.2 Å². The Hall–Kier alpha value is -1.39. The number of aliphatic hydroxyl groups excluding tert-OH is 1. The lowest BCUT2D eigenvalue weighted by Crippen LogP contribution is -2.02. The van der Waals surface area contributed by atoms with Gasteiger partial charge in [0.2, 0.25) is 0 Å². The molecule has 1 unspecified atom stereocenters. The van der Waals surface area contributed by atoms with Crippen LogP contribution in [0.1, 0.15) is 12.8 Å². The van der Waals surface area contributed by atoms with E-state index in [2.05, 4.69) is 23.2 Å². The fraction of sp³-hybridized carbons (Fsp3) is 0.385. The van der Waals surface area contributed by atoms with E-state index >= 15 is 0 Å². The molecule has 0 saturated heterocycles. The fourth-order valence-corrected chi connectivity index (χ4v) is 1.48. The molecule has 0 aliphatic carbocycles. The summed E-state index contributed by atoms with van der Waals surface area (Å²) in [5.74, 6) is 5.19. The average molecular weight is 286 g/mol. The highest BCUT2D eigenvalue weighted by Crippen LogP contribution is 1.95. The van der Waals surface area contributed by atoms with Gasteiger partial charge in [-0.1, -0.05) is 30.6 Å². The topological polar surface area (TPSA) is 83.8 Å². The first-order valence-corrected chi connectivity index (χ1v) is 7.15. The molecular formula is C13H18O5S. The van der Waals surface area contributed by atoms with Crippen LogP contribution in [0.15, 0.2) is 36.5 Å². The molecular weight excluding hydrogens is 268 g/mol. The monoisotopic (exact) mass is 286 g/mol. The third-order valence-corrected chi connectivity index (χ3v) is 2.68. The Morgan fingerprint density at radius 2 is 2.16 bits per heavy atom. The van der Waals surface area contributed by atoms with Gasteiger partial charge in [0.25, 0.3) is 10.1 Å². The highest BCUT2D eigenvalue weighted by Gasteiger charge is 2.01. The smallest absolute Gasteiger partial charge is 0.264 e. The number of allylic oxidation sites excluding steroid dienone is 4.